The molecule has 1 aliphatic carbocycles. The van der Waals surface area contributed by atoms with E-state index in [2.05, 4.69) is 40.9 Å². The van der Waals surface area contributed by atoms with Gasteiger partial charge in [0, 0.05) is 11.3 Å². The van der Waals surface area contributed by atoms with Gasteiger partial charge in [-0.15, -0.1) is 11.6 Å². The topological polar surface area (TPSA) is 17.8 Å². The van der Waals surface area contributed by atoms with Crippen molar-refractivity contribution in [3.05, 3.63) is 29.6 Å². The zero-order valence-electron chi connectivity index (χ0n) is 10.7. The van der Waals surface area contributed by atoms with Crippen LogP contribution >= 0.6 is 23.4 Å². The standard InChI is InChI=1S/C14H17ClN2S/c1-10-3-4-11-12(7-10)17(13(8-15)16-11)9-14(18-2)5-6-14/h3-4,7H,5-6,8-9H2,1-2H3. The van der Waals surface area contributed by atoms with Crippen molar-refractivity contribution in [2.45, 2.75) is 36.9 Å². The van der Waals surface area contributed by atoms with Gasteiger partial charge in [-0.1, -0.05) is 6.07 Å². The van der Waals surface area contributed by atoms with E-state index < -0.39 is 0 Å². The van der Waals surface area contributed by atoms with Crippen molar-refractivity contribution in [3.8, 4) is 0 Å². The number of hydrogen-bond acceptors (Lipinski definition) is 2. The minimum Gasteiger partial charge on any atom is -0.326 e. The maximum absolute atomic E-state index is 6.05. The van der Waals surface area contributed by atoms with Crippen LogP contribution in [0.25, 0.3) is 11.0 Å². The molecule has 2 nitrogen and oxygen atoms in total. The first-order chi connectivity index (χ1) is 8.67. The van der Waals surface area contributed by atoms with Gasteiger partial charge in [-0.25, -0.2) is 4.98 Å². The van der Waals surface area contributed by atoms with E-state index in [1.165, 1.54) is 23.9 Å². The molecule has 1 aromatic heterocycles. The van der Waals surface area contributed by atoms with E-state index in [0.29, 0.717) is 10.6 Å². The van der Waals surface area contributed by atoms with E-state index >= 15 is 0 Å². The van der Waals surface area contributed by atoms with Crippen LogP contribution in [0.1, 0.15) is 24.2 Å². The fourth-order valence-corrected chi connectivity index (χ4v) is 3.39. The molecule has 1 heterocycles. The van der Waals surface area contributed by atoms with Crippen molar-refractivity contribution in [1.29, 1.82) is 0 Å². The molecule has 0 saturated heterocycles. The Labute approximate surface area is 117 Å². The number of aromatic nitrogens is 2. The molecule has 0 amide bonds. The summed E-state index contributed by atoms with van der Waals surface area (Å²) in [6, 6.07) is 6.42. The predicted octanol–water partition coefficient (Wildman–Crippen LogP) is 3.98. The molecule has 0 bridgehead atoms. The fourth-order valence-electron chi connectivity index (χ4n) is 2.42. The van der Waals surface area contributed by atoms with Crippen molar-refractivity contribution in [2.24, 2.45) is 0 Å². The van der Waals surface area contributed by atoms with Crippen LogP contribution in [0, 0.1) is 6.92 Å². The number of rotatable bonds is 4. The summed E-state index contributed by atoms with van der Waals surface area (Å²) in [4.78, 5) is 4.64. The van der Waals surface area contributed by atoms with Crippen molar-refractivity contribution >= 4 is 34.4 Å². The zero-order chi connectivity index (χ0) is 12.8. The van der Waals surface area contributed by atoms with E-state index in [4.69, 9.17) is 11.6 Å². The average molecular weight is 281 g/mol. The Bertz CT molecular complexity index is 587. The summed E-state index contributed by atoms with van der Waals surface area (Å²) >= 11 is 8.02. The summed E-state index contributed by atoms with van der Waals surface area (Å²) in [6.07, 6.45) is 4.82. The highest BCUT2D eigenvalue weighted by molar-refractivity contribution is 8.00. The number of hydrogen-bond donors (Lipinski definition) is 0. The lowest BCUT2D eigenvalue weighted by molar-refractivity contribution is 0.655. The monoisotopic (exact) mass is 280 g/mol. The Morgan fingerprint density at radius 2 is 2.22 bits per heavy atom. The van der Waals surface area contributed by atoms with Crippen LogP contribution in [0.2, 0.25) is 0 Å². The van der Waals surface area contributed by atoms with Crippen LogP contribution < -0.4 is 0 Å². The number of alkyl halides is 1. The first-order valence-corrected chi connectivity index (χ1v) is 8.00. The van der Waals surface area contributed by atoms with Gasteiger partial charge in [0.25, 0.3) is 0 Å². The highest BCUT2D eigenvalue weighted by Gasteiger charge is 2.42. The number of aryl methyl sites for hydroxylation is 1. The Hall–Kier alpha value is -0.670. The number of halogens is 1. The SMILES string of the molecule is CSC1(Cn2c(CCl)nc3ccc(C)cc32)CC1. The Morgan fingerprint density at radius 1 is 1.44 bits per heavy atom. The third kappa shape index (κ3) is 2.04. The molecule has 0 unspecified atom stereocenters. The first kappa shape index (κ1) is 12.4. The van der Waals surface area contributed by atoms with Crippen molar-refractivity contribution in [3.63, 3.8) is 0 Å². The van der Waals surface area contributed by atoms with Gasteiger partial charge in [0.2, 0.25) is 0 Å². The molecule has 0 radical (unpaired) electrons. The molecule has 1 aliphatic rings. The average Bonchev–Trinajstić information content (AvgIpc) is 3.08. The third-order valence-corrected chi connectivity index (χ3v) is 5.43. The highest BCUT2D eigenvalue weighted by Crippen LogP contribution is 2.49. The minimum atomic E-state index is 0.429. The van der Waals surface area contributed by atoms with E-state index in [1.807, 2.05) is 11.8 Å². The van der Waals surface area contributed by atoms with Gasteiger partial charge >= 0.3 is 0 Å². The Kier molecular flexibility index (Phi) is 3.07. The van der Waals surface area contributed by atoms with E-state index in [0.717, 1.165) is 17.9 Å². The van der Waals surface area contributed by atoms with Crippen molar-refractivity contribution < 1.29 is 0 Å². The lowest BCUT2D eigenvalue weighted by atomic mass is 10.2. The van der Waals surface area contributed by atoms with Crippen molar-refractivity contribution in [2.75, 3.05) is 6.26 Å². The smallest absolute Gasteiger partial charge is 0.124 e. The van der Waals surface area contributed by atoms with Gasteiger partial charge in [-0.2, -0.15) is 11.8 Å². The fraction of sp³-hybridized carbons (Fsp3) is 0.500. The quantitative estimate of drug-likeness (QED) is 0.789. The molecule has 0 N–H and O–H groups in total. The van der Waals surface area contributed by atoms with Gasteiger partial charge in [0.05, 0.1) is 16.9 Å². The molecule has 0 spiro atoms. The van der Waals surface area contributed by atoms with Crippen LogP contribution in [0.3, 0.4) is 0 Å². The van der Waals surface area contributed by atoms with E-state index in [9.17, 15) is 0 Å². The van der Waals surface area contributed by atoms with Gasteiger partial charge in [-0.3, -0.25) is 0 Å². The highest BCUT2D eigenvalue weighted by atomic mass is 35.5. The second-order valence-corrected chi connectivity index (χ2v) is 6.67. The summed E-state index contributed by atoms with van der Waals surface area (Å²) in [5.74, 6) is 1.48. The number of imidazole rings is 1. The number of fused-ring (bicyclic) bond motifs is 1. The normalized spacial score (nSPS) is 17.3. The van der Waals surface area contributed by atoms with Gasteiger partial charge in [0.15, 0.2) is 0 Å². The molecule has 2 aromatic rings. The maximum Gasteiger partial charge on any atom is 0.124 e. The number of benzene rings is 1. The van der Waals surface area contributed by atoms with Gasteiger partial charge in [-0.05, 0) is 43.7 Å². The number of thioether (sulfide) groups is 1. The lowest BCUT2D eigenvalue weighted by Gasteiger charge is -2.15. The molecule has 1 fully saturated rings. The zero-order valence-corrected chi connectivity index (χ0v) is 12.3. The van der Waals surface area contributed by atoms with Crippen LogP contribution in [0.15, 0.2) is 18.2 Å². The minimum absolute atomic E-state index is 0.429. The van der Waals surface area contributed by atoms with Crippen LogP contribution in [0.5, 0.6) is 0 Å². The van der Waals surface area contributed by atoms with Crippen molar-refractivity contribution in [1.82, 2.24) is 9.55 Å². The molecule has 0 atom stereocenters. The molecule has 1 aromatic carbocycles. The maximum atomic E-state index is 6.05. The molecule has 3 rings (SSSR count). The van der Waals surface area contributed by atoms with Gasteiger partial charge < -0.3 is 4.57 Å². The largest absolute Gasteiger partial charge is 0.326 e. The van der Waals surface area contributed by atoms with E-state index in [1.54, 1.807) is 0 Å². The van der Waals surface area contributed by atoms with Crippen LogP contribution in [-0.2, 0) is 12.4 Å². The molecular weight excluding hydrogens is 264 g/mol. The molecule has 18 heavy (non-hydrogen) atoms. The molecule has 0 aliphatic heterocycles. The van der Waals surface area contributed by atoms with Crippen LogP contribution in [0.4, 0.5) is 0 Å². The van der Waals surface area contributed by atoms with Crippen LogP contribution in [-0.4, -0.2) is 20.6 Å². The number of nitrogens with zero attached hydrogens (tertiary/aromatic N) is 2. The van der Waals surface area contributed by atoms with Gasteiger partial charge in [0.1, 0.15) is 5.82 Å². The molecule has 1 saturated carbocycles. The predicted molar refractivity (Wildman–Crippen MR) is 79.5 cm³/mol. The summed E-state index contributed by atoms with van der Waals surface area (Å²) in [5.41, 5.74) is 3.57. The second-order valence-electron chi connectivity index (χ2n) is 5.13. The molecule has 96 valence electrons. The third-order valence-electron chi connectivity index (χ3n) is 3.79. The molecule has 4 heteroatoms. The Balaban J connectivity index is 2.09. The second kappa shape index (κ2) is 4.46. The lowest BCUT2D eigenvalue weighted by Crippen LogP contribution is -2.15. The van der Waals surface area contributed by atoms with E-state index in [-0.39, 0.29) is 0 Å². The summed E-state index contributed by atoms with van der Waals surface area (Å²) in [5, 5.41) is 0. The summed E-state index contributed by atoms with van der Waals surface area (Å²) < 4.78 is 2.75. The summed E-state index contributed by atoms with van der Waals surface area (Å²) in [7, 11) is 0. The summed E-state index contributed by atoms with van der Waals surface area (Å²) in [6.45, 7) is 3.16. The first-order valence-electron chi connectivity index (χ1n) is 6.24. The molecular formula is C14H17ClN2S. The Morgan fingerprint density at radius 3 is 2.83 bits per heavy atom.